The lowest BCUT2D eigenvalue weighted by Gasteiger charge is -2.11. The maximum Gasteiger partial charge on any atom is 0.363 e. The Kier molecular flexibility index (Phi) is 6.22. The zero-order valence-corrected chi connectivity index (χ0v) is 19.2. The minimum Gasteiger partial charge on any atom is -0.493 e. The molecule has 7 nitrogen and oxygen atoms in total. The van der Waals surface area contributed by atoms with Crippen LogP contribution in [0.4, 0.5) is 0 Å². The Morgan fingerprint density at radius 2 is 1.73 bits per heavy atom. The van der Waals surface area contributed by atoms with Crippen LogP contribution in [0, 0.1) is 6.92 Å². The van der Waals surface area contributed by atoms with E-state index in [4.69, 9.17) is 25.3 Å². The summed E-state index contributed by atoms with van der Waals surface area (Å²) in [6.07, 6.45) is 1.49. The summed E-state index contributed by atoms with van der Waals surface area (Å²) in [5.41, 5.74) is 2.02. The van der Waals surface area contributed by atoms with E-state index in [0.29, 0.717) is 16.1 Å². The maximum atomic E-state index is 12.6. The molecular formula is C24H18ClNO6S. The van der Waals surface area contributed by atoms with Gasteiger partial charge in [-0.25, -0.2) is 9.79 Å². The fourth-order valence-electron chi connectivity index (χ4n) is 3.03. The average Bonchev–Trinajstić information content (AvgIpc) is 3.15. The topological polar surface area (TPSA) is 91.3 Å². The molecule has 0 aliphatic carbocycles. The summed E-state index contributed by atoms with van der Waals surface area (Å²) >= 11 is 6.15. The van der Waals surface area contributed by atoms with E-state index < -0.39 is 16.1 Å². The molecular weight excluding hydrogens is 466 g/mol. The van der Waals surface area contributed by atoms with Crippen LogP contribution >= 0.6 is 11.6 Å². The molecule has 9 heteroatoms. The Bertz CT molecular complexity index is 1390. The molecule has 0 fully saturated rings. The fourth-order valence-corrected chi connectivity index (χ4v) is 4.19. The summed E-state index contributed by atoms with van der Waals surface area (Å²) in [5, 5.41) is 0.406. The number of benzene rings is 3. The van der Waals surface area contributed by atoms with E-state index in [0.717, 1.165) is 5.56 Å². The minimum atomic E-state index is -4.05. The second-order valence-corrected chi connectivity index (χ2v) is 9.03. The lowest BCUT2D eigenvalue weighted by atomic mass is 10.1. The zero-order valence-electron chi connectivity index (χ0n) is 17.6. The van der Waals surface area contributed by atoms with Crippen LogP contribution in [0.1, 0.15) is 16.7 Å². The van der Waals surface area contributed by atoms with Crippen molar-refractivity contribution in [3.63, 3.8) is 0 Å². The summed E-state index contributed by atoms with van der Waals surface area (Å²) in [7, 11) is -2.67. The molecule has 0 saturated heterocycles. The summed E-state index contributed by atoms with van der Waals surface area (Å²) in [4.78, 5) is 16.5. The summed E-state index contributed by atoms with van der Waals surface area (Å²) in [5.74, 6) is -0.352. The number of aliphatic imine (C=N–C) groups is 1. The molecule has 0 saturated carbocycles. The van der Waals surface area contributed by atoms with E-state index >= 15 is 0 Å². The summed E-state index contributed by atoms with van der Waals surface area (Å²) < 4.78 is 41.0. The van der Waals surface area contributed by atoms with Gasteiger partial charge < -0.3 is 13.7 Å². The van der Waals surface area contributed by atoms with Gasteiger partial charge in [0.1, 0.15) is 4.90 Å². The molecule has 168 valence electrons. The molecule has 0 N–H and O–H groups in total. The Labute approximate surface area is 196 Å². The molecule has 0 unspecified atom stereocenters. The van der Waals surface area contributed by atoms with Crippen LogP contribution in [0.15, 0.2) is 82.3 Å². The number of methoxy groups -OCH3 is 1. The number of aryl methyl sites for hydroxylation is 1. The Morgan fingerprint density at radius 3 is 2.42 bits per heavy atom. The van der Waals surface area contributed by atoms with Crippen LogP contribution in [0.3, 0.4) is 0 Å². The summed E-state index contributed by atoms with van der Waals surface area (Å²) in [6.45, 7) is 1.86. The normalized spacial score (nSPS) is 14.7. The standard InChI is InChI=1S/C24H18ClNO6S/c1-15-7-10-17(11-8-15)33(28,29)32-21-12-9-16(14-22(21)30-2)13-20-24(27)31-23(26-20)18-5-3-4-6-19(18)25/h3-14H,1-2H3/b20-13-. The number of rotatable bonds is 6. The van der Waals surface area contributed by atoms with Gasteiger partial charge in [0.2, 0.25) is 5.90 Å². The fraction of sp³-hybridized carbons (Fsp3) is 0.0833. The minimum absolute atomic E-state index is 0.00878. The number of nitrogens with zero attached hydrogens (tertiary/aromatic N) is 1. The van der Waals surface area contributed by atoms with Gasteiger partial charge >= 0.3 is 16.1 Å². The SMILES string of the molecule is COc1cc(/C=C2\N=C(c3ccccc3Cl)OC2=O)ccc1OS(=O)(=O)c1ccc(C)cc1. The first kappa shape index (κ1) is 22.6. The van der Waals surface area contributed by atoms with E-state index in [2.05, 4.69) is 4.99 Å². The molecule has 4 rings (SSSR count). The molecule has 0 atom stereocenters. The molecule has 3 aromatic carbocycles. The molecule has 1 heterocycles. The van der Waals surface area contributed by atoms with Crippen molar-refractivity contribution in [1.82, 2.24) is 0 Å². The number of ether oxygens (including phenoxy) is 2. The second kappa shape index (κ2) is 9.09. The first-order valence-electron chi connectivity index (χ1n) is 9.73. The van der Waals surface area contributed by atoms with Crippen molar-refractivity contribution in [3.05, 3.63) is 94.1 Å². The van der Waals surface area contributed by atoms with Crippen LogP contribution in [-0.2, 0) is 19.6 Å². The van der Waals surface area contributed by atoms with Crippen LogP contribution in [0.2, 0.25) is 5.02 Å². The molecule has 1 aliphatic heterocycles. The van der Waals surface area contributed by atoms with E-state index in [-0.39, 0.29) is 28.0 Å². The van der Waals surface area contributed by atoms with Crippen molar-refractivity contribution < 1.29 is 26.9 Å². The van der Waals surface area contributed by atoms with Gasteiger partial charge in [-0.15, -0.1) is 0 Å². The number of halogens is 1. The van der Waals surface area contributed by atoms with Crippen molar-refractivity contribution in [2.45, 2.75) is 11.8 Å². The van der Waals surface area contributed by atoms with Crippen LogP contribution in [0.25, 0.3) is 6.08 Å². The number of cyclic esters (lactones) is 1. The van der Waals surface area contributed by atoms with Crippen LogP contribution < -0.4 is 8.92 Å². The molecule has 1 aliphatic rings. The van der Waals surface area contributed by atoms with Crippen molar-refractivity contribution in [1.29, 1.82) is 0 Å². The predicted molar refractivity (Wildman–Crippen MR) is 124 cm³/mol. The van der Waals surface area contributed by atoms with E-state index in [9.17, 15) is 13.2 Å². The van der Waals surface area contributed by atoms with E-state index in [1.54, 1.807) is 42.5 Å². The third-order valence-electron chi connectivity index (χ3n) is 4.72. The second-order valence-electron chi connectivity index (χ2n) is 7.08. The Balaban J connectivity index is 1.62. The Hall–Kier alpha value is -3.62. The van der Waals surface area contributed by atoms with Gasteiger partial charge in [-0.3, -0.25) is 0 Å². The highest BCUT2D eigenvalue weighted by atomic mass is 35.5. The van der Waals surface area contributed by atoms with E-state index in [1.807, 2.05) is 6.92 Å². The van der Waals surface area contributed by atoms with Crippen molar-refractivity contribution in [2.75, 3.05) is 7.11 Å². The quantitative estimate of drug-likeness (QED) is 0.285. The van der Waals surface area contributed by atoms with Crippen molar-refractivity contribution in [2.24, 2.45) is 4.99 Å². The highest BCUT2D eigenvalue weighted by molar-refractivity contribution is 7.87. The highest BCUT2D eigenvalue weighted by Crippen LogP contribution is 2.32. The van der Waals surface area contributed by atoms with Gasteiger partial charge in [0, 0.05) is 0 Å². The van der Waals surface area contributed by atoms with Gasteiger partial charge in [0.15, 0.2) is 17.2 Å². The highest BCUT2D eigenvalue weighted by Gasteiger charge is 2.26. The summed E-state index contributed by atoms with van der Waals surface area (Å²) in [6, 6.07) is 17.7. The third kappa shape index (κ3) is 4.92. The van der Waals surface area contributed by atoms with Crippen molar-refractivity contribution >= 4 is 39.7 Å². The number of hydrogen-bond acceptors (Lipinski definition) is 7. The average molecular weight is 484 g/mol. The first-order valence-corrected chi connectivity index (χ1v) is 11.5. The van der Waals surface area contributed by atoms with Crippen molar-refractivity contribution in [3.8, 4) is 11.5 Å². The lowest BCUT2D eigenvalue weighted by Crippen LogP contribution is -2.10. The number of hydrogen-bond donors (Lipinski definition) is 0. The van der Waals surface area contributed by atoms with Crippen LogP contribution in [0.5, 0.6) is 11.5 Å². The Morgan fingerprint density at radius 1 is 1.00 bits per heavy atom. The molecule has 0 spiro atoms. The first-order chi connectivity index (χ1) is 15.8. The molecule has 0 radical (unpaired) electrons. The maximum absolute atomic E-state index is 12.6. The van der Waals surface area contributed by atoms with Gasteiger partial charge in [-0.1, -0.05) is 47.5 Å². The van der Waals surface area contributed by atoms with Crippen LogP contribution in [-0.4, -0.2) is 27.4 Å². The molecule has 0 bridgehead atoms. The monoisotopic (exact) mass is 483 g/mol. The van der Waals surface area contributed by atoms with E-state index in [1.165, 1.54) is 37.5 Å². The largest absolute Gasteiger partial charge is 0.493 e. The lowest BCUT2D eigenvalue weighted by molar-refractivity contribution is -0.129. The smallest absolute Gasteiger partial charge is 0.363 e. The molecule has 0 aromatic heterocycles. The number of carbonyl (C=O) groups is 1. The number of esters is 1. The zero-order chi connectivity index (χ0) is 23.6. The molecule has 33 heavy (non-hydrogen) atoms. The number of carbonyl (C=O) groups excluding carboxylic acids is 1. The predicted octanol–water partition coefficient (Wildman–Crippen LogP) is 4.77. The molecule has 0 amide bonds. The molecule has 3 aromatic rings. The van der Waals surface area contributed by atoms with Gasteiger partial charge in [-0.05, 0) is 55.0 Å². The van der Waals surface area contributed by atoms with Gasteiger partial charge in [0.25, 0.3) is 0 Å². The van der Waals surface area contributed by atoms with Gasteiger partial charge in [-0.2, -0.15) is 8.42 Å². The third-order valence-corrected chi connectivity index (χ3v) is 6.30. The van der Waals surface area contributed by atoms with Gasteiger partial charge in [0.05, 0.1) is 17.7 Å².